The zero-order valence-electron chi connectivity index (χ0n) is 11.5. The molecule has 0 bridgehead atoms. The number of carbonyl (C=O) groups is 1. The molecule has 0 aliphatic heterocycles. The van der Waals surface area contributed by atoms with E-state index in [0.717, 1.165) is 24.5 Å². The van der Waals surface area contributed by atoms with Crippen molar-refractivity contribution in [3.8, 4) is 0 Å². The number of carbonyl (C=O) groups excluding carboxylic acids is 1. The molecule has 100 valence electrons. The molecule has 0 radical (unpaired) electrons. The van der Waals surface area contributed by atoms with Gasteiger partial charge in [-0.1, -0.05) is 43.7 Å². The Bertz CT molecular complexity index is 361. The van der Waals surface area contributed by atoms with Crippen LogP contribution in [0.25, 0.3) is 0 Å². The minimum Gasteiger partial charge on any atom is -0.355 e. The second kappa shape index (κ2) is 8.20. The minimum atomic E-state index is 0.132. The van der Waals surface area contributed by atoms with E-state index in [4.69, 9.17) is 0 Å². The average molecular weight is 265 g/mol. The van der Waals surface area contributed by atoms with Crippen LogP contribution < -0.4 is 5.32 Å². The Hall–Kier alpha value is -0.960. The highest BCUT2D eigenvalue weighted by Crippen LogP contribution is 2.12. The first-order chi connectivity index (χ1) is 8.63. The van der Waals surface area contributed by atoms with Crippen LogP contribution in [0.3, 0.4) is 0 Å². The van der Waals surface area contributed by atoms with Gasteiger partial charge in [-0.05, 0) is 18.9 Å². The van der Waals surface area contributed by atoms with Crippen LogP contribution in [0.1, 0.15) is 31.4 Å². The van der Waals surface area contributed by atoms with E-state index < -0.39 is 0 Å². The summed E-state index contributed by atoms with van der Waals surface area (Å²) in [4.78, 5) is 11.5. The number of thioether (sulfide) groups is 1. The molecule has 0 aliphatic rings. The minimum absolute atomic E-state index is 0.132. The summed E-state index contributed by atoms with van der Waals surface area (Å²) in [7, 11) is 0. The highest BCUT2D eigenvalue weighted by Gasteiger charge is 2.08. The predicted molar refractivity (Wildman–Crippen MR) is 79.8 cm³/mol. The Morgan fingerprint density at radius 3 is 2.61 bits per heavy atom. The van der Waals surface area contributed by atoms with Crippen LogP contribution in [0.5, 0.6) is 0 Å². The lowest BCUT2D eigenvalue weighted by Gasteiger charge is -2.09. The van der Waals surface area contributed by atoms with E-state index in [0.29, 0.717) is 0 Å². The molecule has 1 aromatic carbocycles. The van der Waals surface area contributed by atoms with E-state index in [-0.39, 0.29) is 11.8 Å². The highest BCUT2D eigenvalue weighted by molar-refractivity contribution is 7.98. The highest BCUT2D eigenvalue weighted by atomic mass is 32.2. The lowest BCUT2D eigenvalue weighted by Crippen LogP contribution is -2.30. The molecule has 0 fully saturated rings. The molecule has 1 atom stereocenters. The van der Waals surface area contributed by atoms with Crippen molar-refractivity contribution in [3.63, 3.8) is 0 Å². The molecule has 1 rings (SSSR count). The Morgan fingerprint density at radius 2 is 2.00 bits per heavy atom. The number of hydrogen-bond acceptors (Lipinski definition) is 2. The van der Waals surface area contributed by atoms with Crippen molar-refractivity contribution in [3.05, 3.63) is 35.4 Å². The fourth-order valence-electron chi connectivity index (χ4n) is 1.48. The Labute approximate surface area is 115 Å². The average Bonchev–Trinajstić information content (AvgIpc) is 2.39. The van der Waals surface area contributed by atoms with Gasteiger partial charge in [-0.2, -0.15) is 11.8 Å². The molecule has 3 heteroatoms. The van der Waals surface area contributed by atoms with Crippen LogP contribution in [-0.4, -0.2) is 18.2 Å². The Balaban J connectivity index is 2.12. The lowest BCUT2D eigenvalue weighted by molar-refractivity contribution is -0.124. The van der Waals surface area contributed by atoms with Crippen LogP contribution in [-0.2, 0) is 10.5 Å². The third-order valence-electron chi connectivity index (χ3n) is 2.99. The maximum atomic E-state index is 11.5. The number of amides is 1. The summed E-state index contributed by atoms with van der Waals surface area (Å²) in [5.41, 5.74) is 2.64. The van der Waals surface area contributed by atoms with Gasteiger partial charge in [0.1, 0.15) is 0 Å². The fourth-order valence-corrected chi connectivity index (χ4v) is 2.30. The number of aryl methyl sites for hydroxylation is 1. The lowest BCUT2D eigenvalue weighted by atomic mass is 10.1. The van der Waals surface area contributed by atoms with Gasteiger partial charge in [-0.15, -0.1) is 0 Å². The number of benzene rings is 1. The summed E-state index contributed by atoms with van der Waals surface area (Å²) in [5, 5.41) is 2.97. The first-order valence-corrected chi connectivity index (χ1v) is 7.70. The van der Waals surface area contributed by atoms with Crippen LogP contribution in [0.2, 0.25) is 0 Å². The van der Waals surface area contributed by atoms with Crippen molar-refractivity contribution in [1.82, 2.24) is 5.32 Å². The van der Waals surface area contributed by atoms with Gasteiger partial charge in [-0.25, -0.2) is 0 Å². The monoisotopic (exact) mass is 265 g/mol. The van der Waals surface area contributed by atoms with Crippen molar-refractivity contribution < 1.29 is 4.79 Å². The maximum absolute atomic E-state index is 11.5. The SMILES string of the molecule is CCC(C)C(=O)NCCSCc1ccc(C)cc1. The summed E-state index contributed by atoms with van der Waals surface area (Å²) < 4.78 is 0. The van der Waals surface area contributed by atoms with Gasteiger partial charge in [0, 0.05) is 24.0 Å². The van der Waals surface area contributed by atoms with Gasteiger partial charge in [0.25, 0.3) is 0 Å². The van der Waals surface area contributed by atoms with E-state index >= 15 is 0 Å². The third-order valence-corrected chi connectivity index (χ3v) is 4.03. The quantitative estimate of drug-likeness (QED) is 0.766. The number of hydrogen-bond donors (Lipinski definition) is 1. The van der Waals surface area contributed by atoms with E-state index in [1.165, 1.54) is 11.1 Å². The van der Waals surface area contributed by atoms with Crippen molar-refractivity contribution in [1.29, 1.82) is 0 Å². The molecule has 1 amide bonds. The van der Waals surface area contributed by atoms with Crippen molar-refractivity contribution in [2.24, 2.45) is 5.92 Å². The van der Waals surface area contributed by atoms with E-state index in [2.05, 4.69) is 36.5 Å². The zero-order valence-corrected chi connectivity index (χ0v) is 12.3. The van der Waals surface area contributed by atoms with E-state index in [1.807, 2.05) is 25.6 Å². The molecule has 0 spiro atoms. The molecule has 1 N–H and O–H groups in total. The van der Waals surface area contributed by atoms with Gasteiger partial charge in [0.15, 0.2) is 0 Å². The fraction of sp³-hybridized carbons (Fsp3) is 0.533. The van der Waals surface area contributed by atoms with Crippen molar-refractivity contribution in [2.75, 3.05) is 12.3 Å². The van der Waals surface area contributed by atoms with Crippen LogP contribution in [0.15, 0.2) is 24.3 Å². The molecular formula is C15H23NOS. The molecule has 0 heterocycles. The largest absolute Gasteiger partial charge is 0.355 e. The van der Waals surface area contributed by atoms with Gasteiger partial charge < -0.3 is 5.32 Å². The van der Waals surface area contributed by atoms with E-state index in [9.17, 15) is 4.79 Å². The maximum Gasteiger partial charge on any atom is 0.222 e. The van der Waals surface area contributed by atoms with Crippen molar-refractivity contribution >= 4 is 17.7 Å². The van der Waals surface area contributed by atoms with Crippen molar-refractivity contribution in [2.45, 2.75) is 32.9 Å². The smallest absolute Gasteiger partial charge is 0.222 e. The first kappa shape index (κ1) is 15.1. The van der Waals surface area contributed by atoms with Gasteiger partial charge in [-0.3, -0.25) is 4.79 Å². The molecule has 1 unspecified atom stereocenters. The van der Waals surface area contributed by atoms with Crippen LogP contribution >= 0.6 is 11.8 Å². The van der Waals surface area contributed by atoms with Crippen LogP contribution in [0.4, 0.5) is 0 Å². The summed E-state index contributed by atoms with van der Waals surface area (Å²) in [6.45, 7) is 6.87. The Kier molecular flexibility index (Phi) is 6.88. The molecule has 18 heavy (non-hydrogen) atoms. The Morgan fingerprint density at radius 1 is 1.33 bits per heavy atom. The van der Waals surface area contributed by atoms with Gasteiger partial charge in [0.2, 0.25) is 5.91 Å². The third kappa shape index (κ3) is 5.58. The summed E-state index contributed by atoms with van der Waals surface area (Å²) in [6, 6.07) is 8.61. The normalized spacial score (nSPS) is 12.2. The summed E-state index contributed by atoms with van der Waals surface area (Å²) >= 11 is 1.86. The predicted octanol–water partition coefficient (Wildman–Crippen LogP) is 3.39. The van der Waals surface area contributed by atoms with Gasteiger partial charge >= 0.3 is 0 Å². The second-order valence-electron chi connectivity index (χ2n) is 4.64. The number of nitrogens with one attached hydrogen (secondary N) is 1. The topological polar surface area (TPSA) is 29.1 Å². The second-order valence-corrected chi connectivity index (χ2v) is 5.74. The molecule has 0 saturated carbocycles. The first-order valence-electron chi connectivity index (χ1n) is 6.54. The molecule has 0 saturated heterocycles. The summed E-state index contributed by atoms with van der Waals surface area (Å²) in [6.07, 6.45) is 0.905. The molecule has 0 aliphatic carbocycles. The zero-order chi connectivity index (χ0) is 13.4. The summed E-state index contributed by atoms with van der Waals surface area (Å²) in [5.74, 6) is 2.29. The standard InChI is InChI=1S/C15H23NOS/c1-4-13(3)15(17)16-9-10-18-11-14-7-5-12(2)6-8-14/h5-8,13H,4,9-11H2,1-3H3,(H,16,17). The number of rotatable bonds is 7. The molecular weight excluding hydrogens is 242 g/mol. The molecule has 0 aromatic heterocycles. The van der Waals surface area contributed by atoms with E-state index in [1.54, 1.807) is 0 Å². The van der Waals surface area contributed by atoms with Gasteiger partial charge in [0.05, 0.1) is 0 Å². The molecule has 2 nitrogen and oxygen atoms in total. The van der Waals surface area contributed by atoms with Crippen LogP contribution in [0, 0.1) is 12.8 Å². The molecule has 1 aromatic rings.